The van der Waals surface area contributed by atoms with Gasteiger partial charge in [-0.3, -0.25) is 4.98 Å². The van der Waals surface area contributed by atoms with E-state index < -0.39 is 0 Å². The van der Waals surface area contributed by atoms with Gasteiger partial charge in [-0.1, -0.05) is 0 Å². The fraction of sp³-hybridized carbons (Fsp3) is 0.500. The zero-order chi connectivity index (χ0) is 11.8. The summed E-state index contributed by atoms with van der Waals surface area (Å²) >= 11 is 5.78. The molecule has 0 spiro atoms. The fourth-order valence-electron chi connectivity index (χ4n) is 1.31. The van der Waals surface area contributed by atoms with Gasteiger partial charge in [0, 0.05) is 12.1 Å². The standard InChI is InChI=1S/C12H15ClN2O/c1-10-5-6-12(11(9-13)15-10)16-8-4-2-3-7-14/h5-6H,2-4,8-9H2,1H3. The van der Waals surface area contributed by atoms with Gasteiger partial charge in [-0.25, -0.2) is 0 Å². The molecule has 0 N–H and O–H groups in total. The lowest BCUT2D eigenvalue weighted by Crippen LogP contribution is -2.01. The van der Waals surface area contributed by atoms with Crippen molar-refractivity contribution >= 4 is 11.6 Å². The summed E-state index contributed by atoms with van der Waals surface area (Å²) in [5, 5.41) is 8.38. The molecular formula is C12H15ClN2O. The molecule has 0 saturated heterocycles. The highest BCUT2D eigenvalue weighted by Crippen LogP contribution is 2.19. The summed E-state index contributed by atoms with van der Waals surface area (Å²) in [6, 6.07) is 5.90. The number of nitrogens with zero attached hydrogens (tertiary/aromatic N) is 2. The van der Waals surface area contributed by atoms with Crippen LogP contribution in [0.3, 0.4) is 0 Å². The van der Waals surface area contributed by atoms with Crippen LogP contribution >= 0.6 is 11.6 Å². The first-order valence-electron chi connectivity index (χ1n) is 5.30. The van der Waals surface area contributed by atoms with Crippen LogP contribution in [-0.2, 0) is 5.88 Å². The SMILES string of the molecule is Cc1ccc(OCCCCC#N)c(CCl)n1. The lowest BCUT2D eigenvalue weighted by molar-refractivity contribution is 0.303. The summed E-state index contributed by atoms with van der Waals surface area (Å²) in [6.07, 6.45) is 2.33. The third-order valence-corrected chi connectivity index (χ3v) is 2.39. The summed E-state index contributed by atoms with van der Waals surface area (Å²) in [4.78, 5) is 4.30. The summed E-state index contributed by atoms with van der Waals surface area (Å²) in [5.41, 5.74) is 1.72. The van der Waals surface area contributed by atoms with Gasteiger partial charge in [-0.15, -0.1) is 11.6 Å². The van der Waals surface area contributed by atoms with E-state index in [4.69, 9.17) is 21.6 Å². The van der Waals surface area contributed by atoms with Gasteiger partial charge in [-0.2, -0.15) is 5.26 Å². The maximum atomic E-state index is 8.38. The van der Waals surface area contributed by atoms with E-state index in [1.807, 2.05) is 19.1 Å². The number of pyridine rings is 1. The second-order valence-corrected chi connectivity index (χ2v) is 3.76. The average molecular weight is 239 g/mol. The Morgan fingerprint density at radius 1 is 1.44 bits per heavy atom. The van der Waals surface area contributed by atoms with Gasteiger partial charge >= 0.3 is 0 Å². The Morgan fingerprint density at radius 3 is 2.94 bits per heavy atom. The highest BCUT2D eigenvalue weighted by atomic mass is 35.5. The molecule has 1 rings (SSSR count). The van der Waals surface area contributed by atoms with Crippen molar-refractivity contribution in [2.75, 3.05) is 6.61 Å². The summed E-state index contributed by atoms with van der Waals surface area (Å²) < 4.78 is 5.57. The molecule has 0 amide bonds. The lowest BCUT2D eigenvalue weighted by Gasteiger charge is -2.09. The van der Waals surface area contributed by atoms with E-state index >= 15 is 0 Å². The molecule has 4 heteroatoms. The number of ether oxygens (including phenoxy) is 1. The molecular weight excluding hydrogens is 224 g/mol. The van der Waals surface area contributed by atoms with Crippen LogP contribution in [0.4, 0.5) is 0 Å². The number of hydrogen-bond acceptors (Lipinski definition) is 3. The minimum atomic E-state index is 0.356. The van der Waals surface area contributed by atoms with E-state index in [0.717, 1.165) is 30.0 Å². The van der Waals surface area contributed by atoms with Crippen LogP contribution in [0.5, 0.6) is 5.75 Å². The Balaban J connectivity index is 2.44. The van der Waals surface area contributed by atoms with Crippen molar-refractivity contribution in [2.45, 2.75) is 32.1 Å². The fourth-order valence-corrected chi connectivity index (χ4v) is 1.50. The van der Waals surface area contributed by atoms with Crippen molar-refractivity contribution in [3.05, 3.63) is 23.5 Å². The predicted molar refractivity (Wildman–Crippen MR) is 63.5 cm³/mol. The Kier molecular flexibility index (Phi) is 5.66. The molecule has 0 saturated carbocycles. The molecule has 0 fully saturated rings. The third-order valence-electron chi connectivity index (χ3n) is 2.14. The lowest BCUT2D eigenvalue weighted by atomic mass is 10.2. The number of alkyl halides is 1. The number of hydrogen-bond donors (Lipinski definition) is 0. The van der Waals surface area contributed by atoms with Crippen LogP contribution in [0.2, 0.25) is 0 Å². The molecule has 1 heterocycles. The highest BCUT2D eigenvalue weighted by Gasteiger charge is 2.04. The Morgan fingerprint density at radius 2 is 2.25 bits per heavy atom. The maximum absolute atomic E-state index is 8.38. The number of nitriles is 1. The van der Waals surface area contributed by atoms with Crippen LogP contribution in [0.25, 0.3) is 0 Å². The van der Waals surface area contributed by atoms with Gasteiger partial charge in [0.2, 0.25) is 0 Å². The van der Waals surface area contributed by atoms with E-state index in [9.17, 15) is 0 Å². The van der Waals surface area contributed by atoms with Crippen molar-refractivity contribution in [1.82, 2.24) is 4.98 Å². The van der Waals surface area contributed by atoms with Gasteiger partial charge in [-0.05, 0) is 31.9 Å². The molecule has 0 aromatic carbocycles. The summed E-state index contributed by atoms with van der Waals surface area (Å²) in [6.45, 7) is 2.53. The zero-order valence-corrected chi connectivity index (χ0v) is 10.1. The van der Waals surface area contributed by atoms with E-state index in [-0.39, 0.29) is 0 Å². The number of unbranched alkanes of at least 4 members (excludes halogenated alkanes) is 2. The van der Waals surface area contributed by atoms with Crippen molar-refractivity contribution in [3.8, 4) is 11.8 Å². The van der Waals surface area contributed by atoms with Crippen LogP contribution < -0.4 is 4.74 Å². The summed E-state index contributed by atoms with van der Waals surface area (Å²) in [5.74, 6) is 1.10. The van der Waals surface area contributed by atoms with Gasteiger partial charge < -0.3 is 4.74 Å². The monoisotopic (exact) mass is 238 g/mol. The van der Waals surface area contributed by atoms with Crippen LogP contribution in [0.15, 0.2) is 12.1 Å². The van der Waals surface area contributed by atoms with E-state index in [1.165, 1.54) is 0 Å². The number of aromatic nitrogens is 1. The molecule has 16 heavy (non-hydrogen) atoms. The smallest absolute Gasteiger partial charge is 0.142 e. The molecule has 0 atom stereocenters. The largest absolute Gasteiger partial charge is 0.492 e. The molecule has 3 nitrogen and oxygen atoms in total. The first-order valence-corrected chi connectivity index (χ1v) is 5.83. The molecule has 1 aromatic heterocycles. The Labute approximate surface area is 101 Å². The third kappa shape index (κ3) is 4.08. The van der Waals surface area contributed by atoms with Crippen molar-refractivity contribution in [3.63, 3.8) is 0 Å². The van der Waals surface area contributed by atoms with Crippen LogP contribution in [0, 0.1) is 18.3 Å². The van der Waals surface area contributed by atoms with Gasteiger partial charge in [0.15, 0.2) is 0 Å². The van der Waals surface area contributed by atoms with Gasteiger partial charge in [0.1, 0.15) is 5.75 Å². The van der Waals surface area contributed by atoms with E-state index in [2.05, 4.69) is 11.1 Å². The first-order chi connectivity index (χ1) is 7.77. The molecule has 0 aliphatic carbocycles. The molecule has 0 radical (unpaired) electrons. The number of rotatable bonds is 6. The minimum absolute atomic E-state index is 0.356. The molecule has 86 valence electrons. The van der Waals surface area contributed by atoms with Crippen LogP contribution in [-0.4, -0.2) is 11.6 Å². The molecule has 0 aliphatic heterocycles. The number of aryl methyl sites for hydroxylation is 1. The normalized spacial score (nSPS) is 9.81. The molecule has 0 bridgehead atoms. The van der Waals surface area contributed by atoms with Gasteiger partial charge in [0.05, 0.1) is 24.3 Å². The van der Waals surface area contributed by atoms with Crippen molar-refractivity contribution in [1.29, 1.82) is 5.26 Å². The van der Waals surface area contributed by atoms with Crippen molar-refractivity contribution in [2.24, 2.45) is 0 Å². The topological polar surface area (TPSA) is 45.9 Å². The van der Waals surface area contributed by atoms with Crippen molar-refractivity contribution < 1.29 is 4.74 Å². The summed E-state index contributed by atoms with van der Waals surface area (Å²) in [7, 11) is 0. The predicted octanol–water partition coefficient (Wildman–Crippen LogP) is 3.20. The number of halogens is 1. The van der Waals surface area contributed by atoms with E-state index in [1.54, 1.807) is 0 Å². The second kappa shape index (κ2) is 7.08. The average Bonchev–Trinajstić information content (AvgIpc) is 2.30. The molecule has 0 aliphatic rings. The highest BCUT2D eigenvalue weighted by molar-refractivity contribution is 6.17. The first kappa shape index (κ1) is 12.8. The molecule has 0 unspecified atom stereocenters. The maximum Gasteiger partial charge on any atom is 0.142 e. The minimum Gasteiger partial charge on any atom is -0.492 e. The van der Waals surface area contributed by atoms with Crippen LogP contribution in [0.1, 0.15) is 30.7 Å². The molecule has 1 aromatic rings. The second-order valence-electron chi connectivity index (χ2n) is 3.49. The Bertz CT molecular complexity index is 374. The van der Waals surface area contributed by atoms with Gasteiger partial charge in [0.25, 0.3) is 0 Å². The Hall–Kier alpha value is -1.27. The quantitative estimate of drug-likeness (QED) is 0.565. The van der Waals surface area contributed by atoms with E-state index in [0.29, 0.717) is 18.9 Å². The zero-order valence-electron chi connectivity index (χ0n) is 9.37.